The Kier molecular flexibility index (Phi) is 7.37. The van der Waals surface area contributed by atoms with Crippen LogP contribution >= 0.6 is 0 Å². The molecule has 0 spiro atoms. The molecule has 0 aliphatic rings. The number of hydrogen-bond donors (Lipinski definition) is 3. The van der Waals surface area contributed by atoms with Crippen LogP contribution in [0.2, 0.25) is 0 Å². The summed E-state index contributed by atoms with van der Waals surface area (Å²) in [5.74, 6) is 5.99. The van der Waals surface area contributed by atoms with Crippen LogP contribution in [0.25, 0.3) is 0 Å². The highest BCUT2D eigenvalue weighted by Gasteiger charge is 2.10. The molecule has 0 saturated heterocycles. The Labute approximate surface area is 212 Å². The SMILES string of the molecule is Cc1cc(NC(=O)c2cccc(C#Cc3cncc(C(=O)N=[SH]c4cccc(C)c4O)c3)c2)n(C)n1. The van der Waals surface area contributed by atoms with Gasteiger partial charge < -0.3 is 10.4 Å². The molecule has 0 aliphatic carbocycles. The fraction of sp³-hybridized carbons (Fsp3) is 0.111. The molecule has 0 radical (unpaired) electrons. The number of nitrogens with zero attached hydrogens (tertiary/aromatic N) is 4. The van der Waals surface area contributed by atoms with E-state index in [2.05, 4.69) is 31.6 Å². The maximum absolute atomic E-state index is 12.7. The smallest absolute Gasteiger partial charge is 0.284 e. The van der Waals surface area contributed by atoms with Gasteiger partial charge in [-0.1, -0.05) is 41.6 Å². The predicted molar refractivity (Wildman–Crippen MR) is 139 cm³/mol. The Morgan fingerprint density at radius 2 is 1.75 bits per heavy atom. The van der Waals surface area contributed by atoms with Crippen molar-refractivity contribution < 1.29 is 14.7 Å². The number of phenols is 1. The van der Waals surface area contributed by atoms with Crippen LogP contribution in [0.5, 0.6) is 5.75 Å². The van der Waals surface area contributed by atoms with Crippen LogP contribution in [0.15, 0.2) is 76.2 Å². The van der Waals surface area contributed by atoms with Gasteiger partial charge in [-0.25, -0.2) is 0 Å². The first kappa shape index (κ1) is 24.6. The van der Waals surface area contributed by atoms with Crippen LogP contribution in [0.4, 0.5) is 5.82 Å². The second-order valence-corrected chi connectivity index (χ2v) is 8.87. The fourth-order valence-electron chi connectivity index (χ4n) is 3.31. The summed E-state index contributed by atoms with van der Waals surface area (Å²) >= 11 is 0.345. The predicted octanol–water partition coefficient (Wildman–Crippen LogP) is 3.99. The molecule has 4 aromatic rings. The minimum Gasteiger partial charge on any atom is -0.506 e. The molecule has 2 aromatic carbocycles. The van der Waals surface area contributed by atoms with E-state index in [1.807, 2.05) is 6.92 Å². The lowest BCUT2D eigenvalue weighted by Crippen LogP contribution is -2.14. The molecule has 8 nitrogen and oxygen atoms in total. The van der Waals surface area contributed by atoms with Crippen LogP contribution in [-0.2, 0) is 18.6 Å². The number of hydrogen-bond acceptors (Lipinski definition) is 5. The first-order valence-corrected chi connectivity index (χ1v) is 11.8. The minimum atomic E-state index is -0.460. The third-order valence-electron chi connectivity index (χ3n) is 5.17. The van der Waals surface area contributed by atoms with Crippen LogP contribution in [0, 0.1) is 25.7 Å². The van der Waals surface area contributed by atoms with E-state index in [9.17, 15) is 14.7 Å². The van der Waals surface area contributed by atoms with Crippen molar-refractivity contribution in [3.63, 3.8) is 0 Å². The van der Waals surface area contributed by atoms with E-state index in [0.717, 1.165) is 11.3 Å². The van der Waals surface area contributed by atoms with Crippen LogP contribution in [-0.4, -0.2) is 31.7 Å². The number of aromatic nitrogens is 3. The number of para-hydroxylation sites is 1. The second kappa shape index (κ2) is 10.8. The number of benzene rings is 2. The standard InChI is InChI=1S/C27H23N5O3S/c1-17-6-4-9-23(25(17)33)36-31-27(35)22-14-20(15-28-16-22)11-10-19-7-5-8-21(13-19)26(34)29-24-12-18(2)30-32(24)3/h4-9,12-16,33,36H,1-3H3,(H,29,34). The van der Waals surface area contributed by atoms with Crippen molar-refractivity contribution in [3.05, 3.63) is 101 Å². The number of pyridine rings is 1. The number of thiol groups is 1. The van der Waals surface area contributed by atoms with Crippen molar-refractivity contribution in [1.29, 1.82) is 0 Å². The van der Waals surface area contributed by atoms with Crippen molar-refractivity contribution in [2.45, 2.75) is 18.7 Å². The normalized spacial score (nSPS) is 10.9. The summed E-state index contributed by atoms with van der Waals surface area (Å²) in [6.07, 6.45) is 2.98. The third kappa shape index (κ3) is 5.92. The average Bonchev–Trinajstić information content (AvgIpc) is 3.19. The van der Waals surface area contributed by atoms with E-state index in [1.54, 1.807) is 79.4 Å². The van der Waals surface area contributed by atoms with Crippen molar-refractivity contribution >= 4 is 29.2 Å². The maximum Gasteiger partial charge on any atom is 0.284 e. The molecule has 0 unspecified atom stereocenters. The molecule has 4 rings (SSSR count). The highest BCUT2D eigenvalue weighted by atomic mass is 32.1. The molecule has 0 aliphatic heterocycles. The molecule has 36 heavy (non-hydrogen) atoms. The summed E-state index contributed by atoms with van der Waals surface area (Å²) in [5, 5.41) is 17.2. The number of rotatable bonds is 4. The quantitative estimate of drug-likeness (QED) is 0.292. The lowest BCUT2D eigenvalue weighted by Gasteiger charge is -2.05. The lowest BCUT2D eigenvalue weighted by atomic mass is 10.1. The summed E-state index contributed by atoms with van der Waals surface area (Å²) in [4.78, 5) is 29.8. The molecule has 0 fully saturated rings. The van der Waals surface area contributed by atoms with E-state index in [1.165, 1.54) is 6.20 Å². The summed E-state index contributed by atoms with van der Waals surface area (Å²) in [6.45, 7) is 3.64. The molecule has 9 heteroatoms. The van der Waals surface area contributed by atoms with E-state index in [0.29, 0.717) is 44.5 Å². The van der Waals surface area contributed by atoms with Gasteiger partial charge in [0.05, 0.1) is 16.2 Å². The molecule has 2 aromatic heterocycles. The summed E-state index contributed by atoms with van der Waals surface area (Å²) < 4.78 is 5.64. The highest BCUT2D eigenvalue weighted by Crippen LogP contribution is 2.22. The monoisotopic (exact) mass is 497 g/mol. The Hall–Kier alpha value is -4.55. The van der Waals surface area contributed by atoms with Gasteiger partial charge in [0, 0.05) is 42.2 Å². The van der Waals surface area contributed by atoms with Gasteiger partial charge in [0.15, 0.2) is 0 Å². The highest BCUT2D eigenvalue weighted by molar-refractivity contribution is 7.68. The largest absolute Gasteiger partial charge is 0.506 e. The van der Waals surface area contributed by atoms with Crippen LogP contribution in [0.1, 0.15) is 43.1 Å². The Morgan fingerprint density at radius 1 is 1.00 bits per heavy atom. The third-order valence-corrected chi connectivity index (χ3v) is 6.03. The maximum atomic E-state index is 12.7. The number of anilines is 1. The first-order chi connectivity index (χ1) is 17.3. The van der Waals surface area contributed by atoms with Gasteiger partial charge in [0.1, 0.15) is 11.6 Å². The second-order valence-electron chi connectivity index (χ2n) is 7.99. The van der Waals surface area contributed by atoms with E-state index < -0.39 is 5.91 Å². The van der Waals surface area contributed by atoms with Gasteiger partial charge in [0.2, 0.25) is 0 Å². The first-order valence-electron chi connectivity index (χ1n) is 10.9. The zero-order valence-corrected chi connectivity index (χ0v) is 20.7. The van der Waals surface area contributed by atoms with Crippen molar-refractivity contribution in [1.82, 2.24) is 14.8 Å². The molecule has 0 bridgehead atoms. The van der Waals surface area contributed by atoms with E-state index in [4.69, 9.17) is 0 Å². The molecule has 2 N–H and O–H groups in total. The average molecular weight is 498 g/mol. The fourth-order valence-corrected chi connectivity index (χ4v) is 4.04. The summed E-state index contributed by atoms with van der Waals surface area (Å²) in [6, 6.07) is 15.6. The van der Waals surface area contributed by atoms with Gasteiger partial charge in [-0.3, -0.25) is 19.3 Å². The van der Waals surface area contributed by atoms with Gasteiger partial charge in [-0.05, 0) is 49.7 Å². The number of aromatic hydroxyl groups is 1. The van der Waals surface area contributed by atoms with E-state index >= 15 is 0 Å². The van der Waals surface area contributed by atoms with Crippen LogP contribution in [0.3, 0.4) is 0 Å². The number of carbonyl (C=O) groups is 2. The summed E-state index contributed by atoms with van der Waals surface area (Å²) in [7, 11) is 1.76. The molecule has 0 saturated carbocycles. The van der Waals surface area contributed by atoms with Gasteiger partial charge in [-0.2, -0.15) is 9.46 Å². The van der Waals surface area contributed by atoms with Crippen LogP contribution < -0.4 is 5.32 Å². The number of carbonyl (C=O) groups excluding carboxylic acids is 2. The number of aryl methyl sites for hydroxylation is 3. The van der Waals surface area contributed by atoms with Gasteiger partial charge in [0.25, 0.3) is 11.8 Å². The van der Waals surface area contributed by atoms with E-state index in [-0.39, 0.29) is 11.7 Å². The molecular weight excluding hydrogens is 474 g/mol. The zero-order valence-electron chi connectivity index (χ0n) is 19.9. The lowest BCUT2D eigenvalue weighted by molar-refractivity contribution is 0.100. The van der Waals surface area contributed by atoms with Crippen molar-refractivity contribution in [2.24, 2.45) is 11.4 Å². The van der Waals surface area contributed by atoms with Gasteiger partial charge >= 0.3 is 0 Å². The molecule has 0 atom stereocenters. The molecule has 2 amide bonds. The molecular formula is C27H23N5O3S. The summed E-state index contributed by atoms with van der Waals surface area (Å²) in [5.41, 5.74) is 3.45. The van der Waals surface area contributed by atoms with Crippen molar-refractivity contribution in [3.8, 4) is 17.6 Å². The zero-order chi connectivity index (χ0) is 25.7. The Bertz CT molecular complexity index is 1560. The molecule has 2 heterocycles. The minimum absolute atomic E-state index is 0.125. The topological polar surface area (TPSA) is 109 Å². The molecule has 180 valence electrons. The Balaban J connectivity index is 1.49. The van der Waals surface area contributed by atoms with Gasteiger partial charge in [-0.15, -0.1) is 0 Å². The number of amides is 2. The Morgan fingerprint density at radius 3 is 2.53 bits per heavy atom. The number of nitrogens with one attached hydrogen (secondary N) is 1. The number of phenolic OH excluding ortho intramolecular Hbond substituents is 1. The van der Waals surface area contributed by atoms with Crippen molar-refractivity contribution in [2.75, 3.05) is 5.32 Å².